The lowest BCUT2D eigenvalue weighted by Crippen LogP contribution is -2.30. The molecule has 0 fully saturated rings. The van der Waals surface area contributed by atoms with E-state index in [1.807, 2.05) is 0 Å². The zero-order valence-corrected chi connectivity index (χ0v) is 15.1. The maximum atomic E-state index is 2.43. The monoisotopic (exact) mass is 343 g/mol. The van der Waals surface area contributed by atoms with Crippen molar-refractivity contribution in [3.05, 3.63) is 103 Å². The fourth-order valence-electron chi connectivity index (χ4n) is 3.09. The van der Waals surface area contributed by atoms with E-state index >= 15 is 0 Å². The van der Waals surface area contributed by atoms with Crippen LogP contribution >= 0.6 is 8.07 Å². The maximum Gasteiger partial charge on any atom is 0.291 e. The van der Waals surface area contributed by atoms with Crippen LogP contribution in [0, 0.1) is 0 Å². The van der Waals surface area contributed by atoms with Gasteiger partial charge < -0.3 is 0 Å². The van der Waals surface area contributed by atoms with Crippen molar-refractivity contribution < 1.29 is 4.57 Å². The Bertz CT molecular complexity index is 908. The second-order valence-electron chi connectivity index (χ2n) is 5.93. The Balaban J connectivity index is 1.93. The Hall–Kier alpha value is -2.70. The molecular formula is C22H20N2P+. The summed E-state index contributed by atoms with van der Waals surface area (Å²) in [5.41, 5.74) is 1.23. The highest BCUT2D eigenvalue weighted by Crippen LogP contribution is 2.38. The van der Waals surface area contributed by atoms with Gasteiger partial charge in [-0.1, -0.05) is 78.9 Å². The molecule has 3 aromatic carbocycles. The lowest BCUT2D eigenvalue weighted by atomic mass is 10.2. The van der Waals surface area contributed by atoms with Crippen LogP contribution < -0.4 is 15.2 Å². The Labute approximate surface area is 149 Å². The fraction of sp³-hybridized carbons (Fsp3) is 0.0455. The first kappa shape index (κ1) is 15.8. The molecule has 0 radical (unpaired) electrons. The molecule has 0 saturated carbocycles. The third-order valence-corrected chi connectivity index (χ3v) is 6.56. The van der Waals surface area contributed by atoms with Crippen LogP contribution in [-0.2, 0) is 7.05 Å². The van der Waals surface area contributed by atoms with Gasteiger partial charge in [0.15, 0.2) is 8.07 Å². The summed E-state index contributed by atoms with van der Waals surface area (Å²) < 4.78 is 4.63. The molecule has 0 N–H and O–H groups in total. The Morgan fingerprint density at radius 2 is 1.16 bits per heavy atom. The van der Waals surface area contributed by atoms with Crippen LogP contribution in [0.25, 0.3) is 11.4 Å². The molecule has 4 aromatic rings. The molecule has 0 saturated heterocycles. The van der Waals surface area contributed by atoms with Crippen molar-refractivity contribution in [2.75, 3.05) is 0 Å². The van der Waals surface area contributed by atoms with Crippen molar-refractivity contribution in [3.63, 3.8) is 0 Å². The van der Waals surface area contributed by atoms with Gasteiger partial charge in [0, 0.05) is 10.6 Å². The molecule has 122 valence electrons. The topological polar surface area (TPSA) is 8.81 Å². The highest BCUT2D eigenvalue weighted by molar-refractivity contribution is 7.71. The minimum Gasteiger partial charge on any atom is -0.233 e. The molecular weight excluding hydrogens is 323 g/mol. The van der Waals surface area contributed by atoms with E-state index in [0.717, 1.165) is 0 Å². The summed E-state index contributed by atoms with van der Waals surface area (Å²) in [6, 6.07) is 32.2. The lowest BCUT2D eigenvalue weighted by Gasteiger charge is -2.16. The number of nitrogens with zero attached hydrogens (tertiary/aromatic N) is 2. The largest absolute Gasteiger partial charge is 0.291 e. The summed E-state index contributed by atoms with van der Waals surface area (Å²) in [5, 5.41) is 2.69. The summed E-state index contributed by atoms with van der Waals surface area (Å²) in [6.45, 7) is 0. The Kier molecular flexibility index (Phi) is 4.45. The van der Waals surface area contributed by atoms with Crippen molar-refractivity contribution in [3.8, 4) is 11.4 Å². The van der Waals surface area contributed by atoms with E-state index in [4.69, 9.17) is 0 Å². The van der Waals surface area contributed by atoms with E-state index in [9.17, 15) is 0 Å². The van der Waals surface area contributed by atoms with Crippen molar-refractivity contribution in [2.24, 2.45) is 7.05 Å². The standard InChI is InChI=1S/C22H20N2P/c1-23-17-18-24(22(23)19-11-5-2-6-12-19)25(20-13-7-3-8-14-20)21-15-9-4-10-16-21/h2-18H,1H3/q+1. The van der Waals surface area contributed by atoms with Crippen molar-refractivity contribution in [1.82, 2.24) is 4.34 Å². The molecule has 0 bridgehead atoms. The van der Waals surface area contributed by atoms with E-state index in [0.29, 0.717) is 0 Å². The van der Waals surface area contributed by atoms with Crippen molar-refractivity contribution in [1.29, 1.82) is 0 Å². The SMILES string of the molecule is C[n+]1ccn(P(c2ccccc2)c2ccccc2)c1-c1ccccc1. The lowest BCUT2D eigenvalue weighted by molar-refractivity contribution is -0.659. The minimum atomic E-state index is -0.674. The molecule has 0 aliphatic heterocycles. The Morgan fingerprint density at radius 1 is 0.680 bits per heavy atom. The third-order valence-electron chi connectivity index (χ3n) is 4.23. The van der Waals surface area contributed by atoms with E-state index in [1.54, 1.807) is 0 Å². The molecule has 0 aliphatic carbocycles. The highest BCUT2D eigenvalue weighted by atomic mass is 31.1. The third kappa shape index (κ3) is 3.14. The van der Waals surface area contributed by atoms with Crippen LogP contribution in [0.2, 0.25) is 0 Å². The second kappa shape index (κ2) is 7.04. The van der Waals surface area contributed by atoms with Crippen LogP contribution in [0.15, 0.2) is 103 Å². The van der Waals surface area contributed by atoms with E-state index in [-0.39, 0.29) is 0 Å². The minimum absolute atomic E-state index is 0.674. The van der Waals surface area contributed by atoms with Crippen LogP contribution in [0.4, 0.5) is 0 Å². The number of aryl methyl sites for hydroxylation is 1. The molecule has 3 heteroatoms. The molecule has 4 rings (SSSR count). The second-order valence-corrected chi connectivity index (χ2v) is 8.01. The van der Waals surface area contributed by atoms with E-state index in [2.05, 4.69) is 119 Å². The molecule has 1 heterocycles. The van der Waals surface area contributed by atoms with Gasteiger partial charge in [-0.3, -0.25) is 0 Å². The normalized spacial score (nSPS) is 11.0. The zero-order valence-electron chi connectivity index (χ0n) is 14.2. The Morgan fingerprint density at radius 3 is 1.68 bits per heavy atom. The number of rotatable bonds is 4. The predicted molar refractivity (Wildman–Crippen MR) is 106 cm³/mol. The van der Waals surface area contributed by atoms with Gasteiger partial charge in [-0.25, -0.2) is 8.90 Å². The van der Waals surface area contributed by atoms with Crippen LogP contribution in [0.1, 0.15) is 0 Å². The first-order valence-electron chi connectivity index (χ1n) is 8.37. The smallest absolute Gasteiger partial charge is 0.233 e. The summed E-state index contributed by atoms with van der Waals surface area (Å²) in [7, 11) is 1.44. The first-order chi connectivity index (χ1) is 12.3. The summed E-state index contributed by atoms with van der Waals surface area (Å²) in [6.07, 6.45) is 4.34. The van der Waals surface area contributed by atoms with Crippen LogP contribution in [0.5, 0.6) is 0 Å². The van der Waals surface area contributed by atoms with Gasteiger partial charge in [-0.2, -0.15) is 0 Å². The van der Waals surface area contributed by atoms with Gasteiger partial charge in [0.05, 0.1) is 12.6 Å². The highest BCUT2D eigenvalue weighted by Gasteiger charge is 2.28. The number of aromatic nitrogens is 2. The number of imidazole rings is 1. The summed E-state index contributed by atoms with van der Waals surface area (Å²) in [5.74, 6) is 1.22. The van der Waals surface area contributed by atoms with Crippen molar-refractivity contribution >= 4 is 18.7 Å². The average molecular weight is 343 g/mol. The number of hydrogen-bond acceptors (Lipinski definition) is 0. The molecule has 0 amide bonds. The zero-order chi connectivity index (χ0) is 17.1. The van der Waals surface area contributed by atoms with Gasteiger partial charge >= 0.3 is 0 Å². The first-order valence-corrected chi connectivity index (χ1v) is 9.67. The molecule has 25 heavy (non-hydrogen) atoms. The number of hydrogen-bond donors (Lipinski definition) is 0. The van der Waals surface area contributed by atoms with Gasteiger partial charge in [-0.15, -0.1) is 0 Å². The maximum absolute atomic E-state index is 2.43. The molecule has 1 aromatic heterocycles. The summed E-state index contributed by atoms with van der Waals surface area (Å²) in [4.78, 5) is 0. The van der Waals surface area contributed by atoms with E-state index < -0.39 is 8.07 Å². The molecule has 0 unspecified atom stereocenters. The fourth-order valence-corrected chi connectivity index (χ4v) is 5.43. The van der Waals surface area contributed by atoms with Crippen LogP contribution in [-0.4, -0.2) is 4.34 Å². The molecule has 0 aliphatic rings. The van der Waals surface area contributed by atoms with Gasteiger partial charge in [-0.05, 0) is 12.1 Å². The van der Waals surface area contributed by atoms with E-state index in [1.165, 1.54) is 22.0 Å². The predicted octanol–water partition coefficient (Wildman–Crippen LogP) is 3.88. The summed E-state index contributed by atoms with van der Waals surface area (Å²) >= 11 is 0. The quantitative estimate of drug-likeness (QED) is 0.393. The van der Waals surface area contributed by atoms with Crippen LogP contribution in [0.3, 0.4) is 0 Å². The van der Waals surface area contributed by atoms with Gasteiger partial charge in [0.25, 0.3) is 5.82 Å². The van der Waals surface area contributed by atoms with Crippen molar-refractivity contribution in [2.45, 2.75) is 0 Å². The molecule has 0 atom stereocenters. The van der Waals surface area contributed by atoms with Gasteiger partial charge in [0.2, 0.25) is 0 Å². The number of benzene rings is 3. The van der Waals surface area contributed by atoms with Gasteiger partial charge in [0.1, 0.15) is 12.4 Å². The average Bonchev–Trinajstić information content (AvgIpc) is 3.05. The molecule has 0 spiro atoms. The molecule has 2 nitrogen and oxygen atoms in total.